The fourth-order valence-corrected chi connectivity index (χ4v) is 2.16. The van der Waals surface area contributed by atoms with Crippen LogP contribution in [0.5, 0.6) is 0 Å². The van der Waals surface area contributed by atoms with Gasteiger partial charge in [-0.15, -0.1) is 0 Å². The maximum Gasteiger partial charge on any atom is 0.256 e. The zero-order valence-corrected chi connectivity index (χ0v) is 11.0. The molecule has 0 bridgehead atoms. The molecule has 0 unspecified atom stereocenters. The van der Waals surface area contributed by atoms with Crippen LogP contribution in [0.1, 0.15) is 20.7 Å². The number of nitrogens with two attached hydrogens (primary N) is 1. The summed E-state index contributed by atoms with van der Waals surface area (Å²) < 4.78 is 0. The number of carbonyl (C=O) groups excluding carboxylic acids is 2. The van der Waals surface area contributed by atoms with Gasteiger partial charge in [0, 0.05) is 5.39 Å². The number of primary amides is 1. The number of anilines is 1. The van der Waals surface area contributed by atoms with Crippen molar-refractivity contribution in [2.24, 2.45) is 5.73 Å². The molecular formula is C15H12N4O2. The zero-order chi connectivity index (χ0) is 14.8. The molecule has 0 fully saturated rings. The monoisotopic (exact) mass is 280 g/mol. The van der Waals surface area contributed by atoms with E-state index in [1.165, 1.54) is 0 Å². The maximum atomic E-state index is 12.4. The van der Waals surface area contributed by atoms with E-state index in [1.54, 1.807) is 42.6 Å². The summed E-state index contributed by atoms with van der Waals surface area (Å²) in [6, 6.07) is 11.9. The van der Waals surface area contributed by atoms with E-state index in [0.717, 1.165) is 5.52 Å². The van der Waals surface area contributed by atoms with Crippen LogP contribution in [0.3, 0.4) is 0 Å². The van der Waals surface area contributed by atoms with Crippen LogP contribution < -0.4 is 11.1 Å². The Kier molecular flexibility index (Phi) is 3.12. The van der Waals surface area contributed by atoms with Gasteiger partial charge < -0.3 is 11.1 Å². The number of aromatic nitrogens is 2. The zero-order valence-electron chi connectivity index (χ0n) is 11.0. The minimum atomic E-state index is -0.590. The second kappa shape index (κ2) is 5.09. The normalized spacial score (nSPS) is 10.5. The lowest BCUT2D eigenvalue weighted by Crippen LogP contribution is -2.18. The molecule has 6 nitrogen and oxygen atoms in total. The molecule has 2 aromatic carbocycles. The molecule has 1 aromatic heterocycles. The number of aromatic amines is 1. The number of amides is 2. The Morgan fingerprint density at radius 2 is 1.81 bits per heavy atom. The number of fused-ring (bicyclic) bond motifs is 1. The van der Waals surface area contributed by atoms with E-state index in [0.29, 0.717) is 16.6 Å². The molecule has 6 heteroatoms. The van der Waals surface area contributed by atoms with Crippen LogP contribution in [0.15, 0.2) is 48.7 Å². The van der Waals surface area contributed by atoms with Gasteiger partial charge in [0.25, 0.3) is 11.8 Å². The van der Waals surface area contributed by atoms with Crippen LogP contribution in [-0.4, -0.2) is 22.0 Å². The third-order valence-corrected chi connectivity index (χ3v) is 3.17. The molecule has 1 heterocycles. The van der Waals surface area contributed by atoms with Crippen molar-refractivity contribution in [3.05, 3.63) is 59.8 Å². The average molecular weight is 280 g/mol. The first-order chi connectivity index (χ1) is 10.2. The second-order valence-electron chi connectivity index (χ2n) is 4.50. The van der Waals surface area contributed by atoms with Crippen LogP contribution in [0.25, 0.3) is 10.9 Å². The molecule has 0 spiro atoms. The summed E-state index contributed by atoms with van der Waals surface area (Å²) in [6.45, 7) is 0. The van der Waals surface area contributed by atoms with Gasteiger partial charge in [-0.3, -0.25) is 14.7 Å². The van der Waals surface area contributed by atoms with Crippen LogP contribution in [0.4, 0.5) is 5.69 Å². The van der Waals surface area contributed by atoms with Crippen LogP contribution in [-0.2, 0) is 0 Å². The van der Waals surface area contributed by atoms with Gasteiger partial charge in [0.05, 0.1) is 28.5 Å². The van der Waals surface area contributed by atoms with Crippen molar-refractivity contribution >= 4 is 28.4 Å². The van der Waals surface area contributed by atoms with Crippen molar-refractivity contribution in [1.29, 1.82) is 0 Å². The first-order valence-electron chi connectivity index (χ1n) is 6.29. The number of nitrogens with one attached hydrogen (secondary N) is 2. The molecule has 0 saturated heterocycles. The third-order valence-electron chi connectivity index (χ3n) is 3.17. The SMILES string of the molecule is NC(=O)c1ccccc1NC(=O)c1cccc2[nH]ncc12. The van der Waals surface area contributed by atoms with Crippen molar-refractivity contribution < 1.29 is 9.59 Å². The average Bonchev–Trinajstić information content (AvgIpc) is 2.95. The van der Waals surface area contributed by atoms with Crippen molar-refractivity contribution in [3.63, 3.8) is 0 Å². The lowest BCUT2D eigenvalue weighted by atomic mass is 10.1. The number of para-hydroxylation sites is 1. The highest BCUT2D eigenvalue weighted by Gasteiger charge is 2.14. The van der Waals surface area contributed by atoms with E-state index in [1.807, 2.05) is 6.07 Å². The van der Waals surface area contributed by atoms with Crippen molar-refractivity contribution in [2.75, 3.05) is 5.32 Å². The lowest BCUT2D eigenvalue weighted by molar-refractivity contribution is 0.100. The first-order valence-corrected chi connectivity index (χ1v) is 6.29. The minimum absolute atomic E-state index is 0.269. The number of carbonyl (C=O) groups is 2. The predicted octanol–water partition coefficient (Wildman–Crippen LogP) is 1.91. The molecule has 2 amide bonds. The maximum absolute atomic E-state index is 12.4. The number of hydrogen-bond acceptors (Lipinski definition) is 3. The van der Waals surface area contributed by atoms with Crippen molar-refractivity contribution in [2.45, 2.75) is 0 Å². The van der Waals surface area contributed by atoms with Gasteiger partial charge in [0.2, 0.25) is 0 Å². The summed E-state index contributed by atoms with van der Waals surface area (Å²) in [5, 5.41) is 10.1. The van der Waals surface area contributed by atoms with E-state index >= 15 is 0 Å². The molecule has 0 aliphatic rings. The summed E-state index contributed by atoms with van der Waals surface area (Å²) in [4.78, 5) is 23.8. The number of nitrogens with zero attached hydrogens (tertiary/aromatic N) is 1. The van der Waals surface area contributed by atoms with Gasteiger partial charge in [-0.25, -0.2) is 0 Å². The number of benzene rings is 2. The Hall–Kier alpha value is -3.15. The van der Waals surface area contributed by atoms with Gasteiger partial charge in [-0.05, 0) is 24.3 Å². The number of H-pyrrole nitrogens is 1. The molecule has 0 atom stereocenters. The molecule has 0 aliphatic heterocycles. The first kappa shape index (κ1) is 12.9. The molecule has 3 aromatic rings. The highest BCUT2D eigenvalue weighted by atomic mass is 16.2. The molecule has 104 valence electrons. The summed E-state index contributed by atoms with van der Waals surface area (Å²) in [7, 11) is 0. The second-order valence-corrected chi connectivity index (χ2v) is 4.50. The highest BCUT2D eigenvalue weighted by Crippen LogP contribution is 2.19. The number of hydrogen-bond donors (Lipinski definition) is 3. The van der Waals surface area contributed by atoms with E-state index in [4.69, 9.17) is 5.73 Å². The van der Waals surface area contributed by atoms with Crippen LogP contribution >= 0.6 is 0 Å². The standard InChI is InChI=1S/C15H12N4O2/c16-14(20)10-4-1-2-6-12(10)18-15(21)9-5-3-7-13-11(9)8-17-19-13/h1-8H,(H2,16,20)(H,17,19)(H,18,21). The molecule has 0 radical (unpaired) electrons. The van der Waals surface area contributed by atoms with Crippen molar-refractivity contribution in [1.82, 2.24) is 10.2 Å². The molecule has 21 heavy (non-hydrogen) atoms. The predicted molar refractivity (Wildman–Crippen MR) is 79.0 cm³/mol. The molecule has 3 rings (SSSR count). The van der Waals surface area contributed by atoms with E-state index in [-0.39, 0.29) is 11.5 Å². The van der Waals surface area contributed by atoms with Gasteiger partial charge in [-0.1, -0.05) is 18.2 Å². The van der Waals surface area contributed by atoms with Gasteiger partial charge >= 0.3 is 0 Å². The van der Waals surface area contributed by atoms with Crippen molar-refractivity contribution in [3.8, 4) is 0 Å². The van der Waals surface area contributed by atoms with Crippen LogP contribution in [0.2, 0.25) is 0 Å². The Morgan fingerprint density at radius 3 is 2.62 bits per heavy atom. The molecular weight excluding hydrogens is 268 g/mol. The summed E-state index contributed by atoms with van der Waals surface area (Å²) in [6.07, 6.45) is 1.59. The highest BCUT2D eigenvalue weighted by molar-refractivity contribution is 6.14. The Bertz CT molecular complexity index is 838. The third kappa shape index (κ3) is 2.34. The van der Waals surface area contributed by atoms with E-state index in [2.05, 4.69) is 15.5 Å². The van der Waals surface area contributed by atoms with Gasteiger partial charge in [-0.2, -0.15) is 5.10 Å². The lowest BCUT2D eigenvalue weighted by Gasteiger charge is -2.09. The molecule has 0 aliphatic carbocycles. The quantitative estimate of drug-likeness (QED) is 0.683. The van der Waals surface area contributed by atoms with E-state index in [9.17, 15) is 9.59 Å². The summed E-state index contributed by atoms with van der Waals surface area (Å²) in [5.41, 5.74) is 7.19. The van der Waals surface area contributed by atoms with Gasteiger partial charge in [0.1, 0.15) is 0 Å². The fourth-order valence-electron chi connectivity index (χ4n) is 2.16. The minimum Gasteiger partial charge on any atom is -0.366 e. The summed E-state index contributed by atoms with van der Waals surface area (Å²) in [5.74, 6) is -0.914. The Balaban J connectivity index is 1.97. The Morgan fingerprint density at radius 1 is 1.05 bits per heavy atom. The van der Waals surface area contributed by atoms with E-state index < -0.39 is 5.91 Å². The molecule has 4 N–H and O–H groups in total. The summed E-state index contributed by atoms with van der Waals surface area (Å²) >= 11 is 0. The molecule has 0 saturated carbocycles. The van der Waals surface area contributed by atoms with Crippen LogP contribution in [0, 0.1) is 0 Å². The number of rotatable bonds is 3. The topological polar surface area (TPSA) is 101 Å². The van der Waals surface area contributed by atoms with Gasteiger partial charge in [0.15, 0.2) is 0 Å². The Labute approximate surface area is 120 Å². The fraction of sp³-hybridized carbons (Fsp3) is 0. The largest absolute Gasteiger partial charge is 0.366 e. The smallest absolute Gasteiger partial charge is 0.256 e.